The van der Waals surface area contributed by atoms with Crippen LogP contribution >= 0.6 is 0 Å². The summed E-state index contributed by atoms with van der Waals surface area (Å²) in [4.78, 5) is 15.5. The van der Waals surface area contributed by atoms with Crippen LogP contribution in [-0.4, -0.2) is 9.97 Å². The lowest BCUT2D eigenvalue weighted by atomic mass is 9.93. The summed E-state index contributed by atoms with van der Waals surface area (Å²) < 4.78 is 0. The van der Waals surface area contributed by atoms with Crippen molar-refractivity contribution in [1.29, 1.82) is 0 Å². The fourth-order valence-corrected chi connectivity index (χ4v) is 7.08. The quantitative estimate of drug-likeness (QED) is 0.174. The summed E-state index contributed by atoms with van der Waals surface area (Å²) in [6.45, 7) is 0. The van der Waals surface area contributed by atoms with Crippen LogP contribution < -0.4 is 9.80 Å². The van der Waals surface area contributed by atoms with Crippen molar-refractivity contribution in [3.8, 4) is 0 Å². The summed E-state index contributed by atoms with van der Waals surface area (Å²) in [5.74, 6) is 0. The number of para-hydroxylation sites is 4. The van der Waals surface area contributed by atoms with E-state index in [1.54, 1.807) is 0 Å². The van der Waals surface area contributed by atoms with Crippen LogP contribution in [0.4, 0.5) is 28.4 Å². The van der Waals surface area contributed by atoms with Crippen molar-refractivity contribution >= 4 is 67.0 Å². The third-order valence-electron chi connectivity index (χ3n) is 9.26. The van der Waals surface area contributed by atoms with E-state index < -0.39 is 0 Å². The van der Waals surface area contributed by atoms with Gasteiger partial charge in [0.05, 0.1) is 28.1 Å². The van der Waals surface area contributed by atoms with Crippen LogP contribution in [0.25, 0.3) is 38.5 Å². The molecule has 0 fully saturated rings. The van der Waals surface area contributed by atoms with Crippen molar-refractivity contribution in [1.82, 2.24) is 9.97 Å². The van der Waals surface area contributed by atoms with Crippen LogP contribution in [0.15, 0.2) is 170 Å². The Morgan fingerprint density at radius 3 is 1.73 bits per heavy atom. The van der Waals surface area contributed by atoms with Crippen molar-refractivity contribution < 1.29 is 0 Å². The number of hydrogen-bond acceptors (Lipinski definition) is 4. The van der Waals surface area contributed by atoms with Crippen LogP contribution in [-0.2, 0) is 6.42 Å². The molecule has 0 saturated heterocycles. The third kappa shape index (κ3) is 4.78. The number of nitrogens with zero attached hydrogens (tertiary/aromatic N) is 4. The molecular weight excluding hydrogens is 585 g/mol. The molecule has 0 saturated carbocycles. The fraction of sp³-hybridized carbons (Fsp3) is 0.0455. The molecule has 4 nitrogen and oxygen atoms in total. The summed E-state index contributed by atoms with van der Waals surface area (Å²) in [6, 6.07) is 57.7. The van der Waals surface area contributed by atoms with Gasteiger partial charge in [0.15, 0.2) is 0 Å². The van der Waals surface area contributed by atoms with Gasteiger partial charge >= 0.3 is 0 Å². The molecule has 1 aromatic heterocycles. The minimum absolute atomic E-state index is 0.841. The van der Waals surface area contributed by atoms with E-state index >= 15 is 0 Å². The topological polar surface area (TPSA) is 32.3 Å². The van der Waals surface area contributed by atoms with Gasteiger partial charge in [-0.1, -0.05) is 115 Å². The number of hydrogen-bond donors (Lipinski definition) is 0. The van der Waals surface area contributed by atoms with E-state index in [0.29, 0.717) is 0 Å². The van der Waals surface area contributed by atoms with E-state index in [0.717, 1.165) is 63.3 Å². The highest BCUT2D eigenvalue weighted by atomic mass is 15.2. The maximum atomic E-state index is 5.41. The average Bonchev–Trinajstić information content (AvgIpc) is 3.16. The summed E-state index contributed by atoms with van der Waals surface area (Å²) in [6.07, 6.45) is 4.38. The number of rotatable bonds is 6. The SMILES string of the molecule is C1=C(N(c2ccccc2)c2ccc(N(c3ccccc3)c3cccc4ccccc34)c3nc4ccccc4nc23)c2ccccc2CC1. The second kappa shape index (κ2) is 11.8. The minimum atomic E-state index is 0.841. The number of allylic oxidation sites excluding steroid dienone is 1. The Hall–Kier alpha value is -6.26. The smallest absolute Gasteiger partial charge is 0.116 e. The van der Waals surface area contributed by atoms with Crippen LogP contribution in [0.2, 0.25) is 0 Å². The van der Waals surface area contributed by atoms with Crippen molar-refractivity contribution in [2.75, 3.05) is 9.80 Å². The lowest BCUT2D eigenvalue weighted by Crippen LogP contribution is -2.20. The molecule has 1 aliphatic rings. The second-order valence-corrected chi connectivity index (χ2v) is 12.1. The lowest BCUT2D eigenvalue weighted by molar-refractivity contribution is 0.968. The molecule has 9 rings (SSSR count). The molecular formula is C44H32N4. The highest BCUT2D eigenvalue weighted by molar-refractivity contribution is 6.09. The first-order chi connectivity index (χ1) is 23.8. The largest absolute Gasteiger partial charge is 0.308 e. The number of aryl methyl sites for hydroxylation is 1. The molecule has 0 radical (unpaired) electrons. The van der Waals surface area contributed by atoms with Gasteiger partial charge in [0.1, 0.15) is 11.0 Å². The Bertz CT molecular complexity index is 2460. The highest BCUT2D eigenvalue weighted by Crippen LogP contribution is 2.46. The molecule has 0 bridgehead atoms. The maximum absolute atomic E-state index is 5.41. The zero-order chi connectivity index (χ0) is 31.9. The average molecular weight is 617 g/mol. The summed E-state index contributed by atoms with van der Waals surface area (Å²) in [7, 11) is 0. The van der Waals surface area contributed by atoms with Crippen LogP contribution in [0.1, 0.15) is 17.5 Å². The van der Waals surface area contributed by atoms with Gasteiger partial charge in [0.25, 0.3) is 0 Å². The van der Waals surface area contributed by atoms with Gasteiger partial charge < -0.3 is 9.80 Å². The molecule has 8 aromatic rings. The Labute approximate surface area is 279 Å². The molecule has 48 heavy (non-hydrogen) atoms. The normalized spacial score (nSPS) is 12.5. The Morgan fingerprint density at radius 1 is 0.438 bits per heavy atom. The van der Waals surface area contributed by atoms with Crippen LogP contribution in [0.3, 0.4) is 0 Å². The lowest BCUT2D eigenvalue weighted by Gasteiger charge is -2.33. The molecule has 7 aromatic carbocycles. The zero-order valence-electron chi connectivity index (χ0n) is 26.4. The molecule has 0 spiro atoms. The van der Waals surface area contributed by atoms with Crippen molar-refractivity contribution in [3.05, 3.63) is 181 Å². The number of benzene rings is 7. The predicted octanol–water partition coefficient (Wildman–Crippen LogP) is 11.5. The molecule has 0 N–H and O–H groups in total. The second-order valence-electron chi connectivity index (χ2n) is 12.1. The highest BCUT2D eigenvalue weighted by Gasteiger charge is 2.26. The fourth-order valence-electron chi connectivity index (χ4n) is 7.08. The third-order valence-corrected chi connectivity index (χ3v) is 9.26. The molecule has 1 heterocycles. The van der Waals surface area contributed by atoms with Gasteiger partial charge in [-0.05, 0) is 78.4 Å². The van der Waals surface area contributed by atoms with E-state index in [9.17, 15) is 0 Å². The van der Waals surface area contributed by atoms with Gasteiger partial charge in [0, 0.05) is 28.0 Å². The molecule has 0 aliphatic heterocycles. The Balaban J connectivity index is 1.36. The van der Waals surface area contributed by atoms with Crippen molar-refractivity contribution in [2.24, 2.45) is 0 Å². The predicted molar refractivity (Wildman–Crippen MR) is 201 cm³/mol. The minimum Gasteiger partial charge on any atom is -0.308 e. The summed E-state index contributed by atoms with van der Waals surface area (Å²) in [5, 5.41) is 2.36. The first-order valence-electron chi connectivity index (χ1n) is 16.5. The van der Waals surface area contributed by atoms with Crippen molar-refractivity contribution in [3.63, 3.8) is 0 Å². The number of anilines is 5. The van der Waals surface area contributed by atoms with Gasteiger partial charge in [0.2, 0.25) is 0 Å². The van der Waals surface area contributed by atoms with Gasteiger partial charge in [-0.2, -0.15) is 0 Å². The van der Waals surface area contributed by atoms with Crippen molar-refractivity contribution in [2.45, 2.75) is 12.8 Å². The first-order valence-corrected chi connectivity index (χ1v) is 16.5. The van der Waals surface area contributed by atoms with Crippen LogP contribution in [0, 0.1) is 0 Å². The summed E-state index contributed by atoms with van der Waals surface area (Å²) in [5.41, 5.74) is 12.4. The maximum Gasteiger partial charge on any atom is 0.116 e. The van der Waals surface area contributed by atoms with E-state index in [-0.39, 0.29) is 0 Å². The molecule has 0 amide bonds. The molecule has 4 heteroatoms. The molecule has 0 atom stereocenters. The van der Waals surface area contributed by atoms with E-state index in [1.165, 1.54) is 27.6 Å². The molecule has 0 unspecified atom stereocenters. The van der Waals surface area contributed by atoms with E-state index in [1.807, 2.05) is 12.1 Å². The first kappa shape index (κ1) is 28.0. The van der Waals surface area contributed by atoms with Gasteiger partial charge in [-0.3, -0.25) is 0 Å². The standard InChI is InChI=1S/C44H32N4/c1-3-19-33(20-4-1)47(39-27-13-17-31-15-7-9-23-35(31)39)41-29-30-42(44-43(41)45-37-25-11-12-26-38(37)46-44)48(34-21-5-2-6-22-34)40-28-14-18-32-16-8-10-24-36(32)40/h1-13,15-17,19-30H,14,18H2. The Kier molecular flexibility index (Phi) is 6.90. The van der Waals surface area contributed by atoms with Crippen LogP contribution in [0.5, 0.6) is 0 Å². The monoisotopic (exact) mass is 616 g/mol. The van der Waals surface area contributed by atoms with Gasteiger partial charge in [-0.15, -0.1) is 0 Å². The van der Waals surface area contributed by atoms with Gasteiger partial charge in [-0.25, -0.2) is 9.97 Å². The van der Waals surface area contributed by atoms with E-state index in [2.05, 4.69) is 168 Å². The molecule has 228 valence electrons. The van der Waals surface area contributed by atoms with E-state index in [4.69, 9.17) is 9.97 Å². The Morgan fingerprint density at radius 2 is 1.00 bits per heavy atom. The number of fused-ring (bicyclic) bond motifs is 4. The number of aromatic nitrogens is 2. The molecule has 1 aliphatic carbocycles. The zero-order valence-corrected chi connectivity index (χ0v) is 26.4. The summed E-state index contributed by atoms with van der Waals surface area (Å²) >= 11 is 0.